The molecule has 0 aliphatic carbocycles. The fourth-order valence-electron chi connectivity index (χ4n) is 1.77. The number of nitrogens with zero attached hydrogens (tertiary/aromatic N) is 2. The largest absolute Gasteiger partial charge is 0.380 e. The van der Waals surface area contributed by atoms with Crippen molar-refractivity contribution in [3.63, 3.8) is 0 Å². The first kappa shape index (κ1) is 11.5. The molecule has 5 nitrogen and oxygen atoms in total. The minimum Gasteiger partial charge on any atom is -0.380 e. The van der Waals surface area contributed by atoms with E-state index in [2.05, 4.69) is 4.98 Å². The molecule has 1 amide bonds. The average Bonchev–Trinajstić information content (AvgIpc) is 2.97. The summed E-state index contributed by atoms with van der Waals surface area (Å²) < 4.78 is 5.22. The zero-order chi connectivity index (χ0) is 11.5. The lowest BCUT2D eigenvalue weighted by molar-refractivity contribution is 0.0719. The molecule has 1 fully saturated rings. The van der Waals surface area contributed by atoms with Crippen molar-refractivity contribution in [1.82, 2.24) is 9.88 Å². The van der Waals surface area contributed by atoms with Gasteiger partial charge in [0.1, 0.15) is 10.7 Å². The molecule has 2 heterocycles. The van der Waals surface area contributed by atoms with Gasteiger partial charge in [0.05, 0.1) is 6.10 Å². The maximum absolute atomic E-state index is 12.0. The number of thiazole rings is 1. The smallest absolute Gasteiger partial charge is 0.273 e. The summed E-state index contributed by atoms with van der Waals surface area (Å²) >= 11 is 1.43. The second-order valence-corrected chi connectivity index (χ2v) is 4.67. The SMILES string of the molecule is COC1CCN(C(=O)c2csc(CN)n2)C1. The van der Waals surface area contributed by atoms with Crippen LogP contribution in [0, 0.1) is 0 Å². The van der Waals surface area contributed by atoms with Crippen molar-refractivity contribution in [2.45, 2.75) is 19.1 Å². The molecule has 88 valence electrons. The number of hydrogen-bond donors (Lipinski definition) is 1. The molecule has 2 rings (SSSR count). The van der Waals surface area contributed by atoms with E-state index in [-0.39, 0.29) is 12.0 Å². The minimum atomic E-state index is -0.0181. The van der Waals surface area contributed by atoms with Crippen LogP contribution in [0.4, 0.5) is 0 Å². The van der Waals surface area contributed by atoms with Gasteiger partial charge < -0.3 is 15.4 Å². The lowest BCUT2D eigenvalue weighted by Gasteiger charge is -2.14. The summed E-state index contributed by atoms with van der Waals surface area (Å²) in [4.78, 5) is 18.0. The van der Waals surface area contributed by atoms with E-state index in [1.807, 2.05) is 0 Å². The van der Waals surface area contributed by atoms with Gasteiger partial charge in [-0.3, -0.25) is 4.79 Å². The Morgan fingerprint density at radius 3 is 3.19 bits per heavy atom. The minimum absolute atomic E-state index is 0.0181. The van der Waals surface area contributed by atoms with Crippen LogP contribution in [-0.4, -0.2) is 42.1 Å². The van der Waals surface area contributed by atoms with Gasteiger partial charge in [0.15, 0.2) is 0 Å². The number of ether oxygens (including phenoxy) is 1. The van der Waals surface area contributed by atoms with E-state index in [0.29, 0.717) is 18.8 Å². The molecule has 1 saturated heterocycles. The summed E-state index contributed by atoms with van der Waals surface area (Å²) in [5.74, 6) is -0.0181. The molecule has 1 aromatic rings. The number of rotatable bonds is 3. The maximum atomic E-state index is 12.0. The van der Waals surface area contributed by atoms with Gasteiger partial charge in [0.25, 0.3) is 5.91 Å². The Bertz CT molecular complexity index is 380. The Morgan fingerprint density at radius 2 is 2.62 bits per heavy atom. The number of nitrogens with two attached hydrogens (primary N) is 1. The Labute approximate surface area is 98.2 Å². The third-order valence-corrected chi connectivity index (χ3v) is 3.58. The third-order valence-electron chi connectivity index (χ3n) is 2.71. The van der Waals surface area contributed by atoms with Crippen LogP contribution in [0.15, 0.2) is 5.38 Å². The number of aromatic nitrogens is 1. The summed E-state index contributed by atoms with van der Waals surface area (Å²) in [6.07, 6.45) is 1.06. The highest BCUT2D eigenvalue weighted by molar-refractivity contribution is 7.09. The van der Waals surface area contributed by atoms with Crippen LogP contribution in [-0.2, 0) is 11.3 Å². The van der Waals surface area contributed by atoms with Gasteiger partial charge in [-0.1, -0.05) is 0 Å². The number of carbonyl (C=O) groups excluding carboxylic acids is 1. The molecule has 0 saturated carbocycles. The lowest BCUT2D eigenvalue weighted by atomic mass is 10.3. The highest BCUT2D eigenvalue weighted by Crippen LogP contribution is 2.17. The van der Waals surface area contributed by atoms with Crippen molar-refractivity contribution in [3.8, 4) is 0 Å². The zero-order valence-electron chi connectivity index (χ0n) is 9.18. The van der Waals surface area contributed by atoms with E-state index in [1.54, 1.807) is 17.4 Å². The molecule has 0 radical (unpaired) electrons. The Balaban J connectivity index is 2.02. The molecule has 0 spiro atoms. The molecular weight excluding hydrogens is 226 g/mol. The highest BCUT2D eigenvalue weighted by Gasteiger charge is 2.27. The number of likely N-dealkylation sites (tertiary alicyclic amines) is 1. The summed E-state index contributed by atoms with van der Waals surface area (Å²) in [7, 11) is 1.67. The number of hydrogen-bond acceptors (Lipinski definition) is 5. The molecule has 1 unspecified atom stereocenters. The Hall–Kier alpha value is -0.980. The van der Waals surface area contributed by atoms with Crippen molar-refractivity contribution >= 4 is 17.2 Å². The molecule has 1 aromatic heterocycles. The maximum Gasteiger partial charge on any atom is 0.273 e. The number of amides is 1. The monoisotopic (exact) mass is 241 g/mol. The van der Waals surface area contributed by atoms with E-state index in [1.165, 1.54) is 11.3 Å². The summed E-state index contributed by atoms with van der Waals surface area (Å²) in [5.41, 5.74) is 5.97. The van der Waals surface area contributed by atoms with E-state index >= 15 is 0 Å². The van der Waals surface area contributed by atoms with Crippen LogP contribution in [0.25, 0.3) is 0 Å². The van der Waals surface area contributed by atoms with Crippen LogP contribution in [0.1, 0.15) is 21.9 Å². The van der Waals surface area contributed by atoms with Gasteiger partial charge in [-0.2, -0.15) is 0 Å². The van der Waals surface area contributed by atoms with Crippen molar-refractivity contribution in [2.75, 3.05) is 20.2 Å². The van der Waals surface area contributed by atoms with Crippen molar-refractivity contribution < 1.29 is 9.53 Å². The lowest BCUT2D eigenvalue weighted by Crippen LogP contribution is -2.30. The molecule has 16 heavy (non-hydrogen) atoms. The van der Waals surface area contributed by atoms with E-state index < -0.39 is 0 Å². The molecule has 1 atom stereocenters. The topological polar surface area (TPSA) is 68.5 Å². The second-order valence-electron chi connectivity index (χ2n) is 3.73. The van der Waals surface area contributed by atoms with Gasteiger partial charge in [0.2, 0.25) is 0 Å². The van der Waals surface area contributed by atoms with Crippen LogP contribution < -0.4 is 5.73 Å². The quantitative estimate of drug-likeness (QED) is 0.835. The van der Waals surface area contributed by atoms with E-state index in [0.717, 1.165) is 18.0 Å². The van der Waals surface area contributed by atoms with Crippen molar-refractivity contribution in [3.05, 3.63) is 16.1 Å². The summed E-state index contributed by atoms with van der Waals surface area (Å²) in [6.45, 7) is 1.79. The number of methoxy groups -OCH3 is 1. The zero-order valence-corrected chi connectivity index (χ0v) is 10.00. The Kier molecular flexibility index (Phi) is 3.52. The molecular formula is C10H15N3O2S. The second kappa shape index (κ2) is 4.90. The predicted octanol–water partition coefficient (Wildman–Crippen LogP) is 0.463. The van der Waals surface area contributed by atoms with Gasteiger partial charge in [-0.25, -0.2) is 4.98 Å². The van der Waals surface area contributed by atoms with Gasteiger partial charge in [-0.05, 0) is 6.42 Å². The normalized spacial score (nSPS) is 20.4. The van der Waals surface area contributed by atoms with Gasteiger partial charge in [-0.15, -0.1) is 11.3 Å². The van der Waals surface area contributed by atoms with Crippen LogP contribution in [0.3, 0.4) is 0 Å². The van der Waals surface area contributed by atoms with Gasteiger partial charge in [0, 0.05) is 32.1 Å². The summed E-state index contributed by atoms with van der Waals surface area (Å²) in [6, 6.07) is 0. The van der Waals surface area contributed by atoms with Crippen LogP contribution in [0.5, 0.6) is 0 Å². The first-order chi connectivity index (χ1) is 7.74. The highest BCUT2D eigenvalue weighted by atomic mass is 32.1. The fraction of sp³-hybridized carbons (Fsp3) is 0.600. The molecule has 0 bridgehead atoms. The average molecular weight is 241 g/mol. The third kappa shape index (κ3) is 2.23. The van der Waals surface area contributed by atoms with Crippen molar-refractivity contribution in [2.24, 2.45) is 5.73 Å². The predicted molar refractivity (Wildman–Crippen MR) is 61.3 cm³/mol. The van der Waals surface area contributed by atoms with Crippen LogP contribution >= 0.6 is 11.3 Å². The van der Waals surface area contributed by atoms with E-state index in [9.17, 15) is 4.79 Å². The Morgan fingerprint density at radius 1 is 1.81 bits per heavy atom. The standard InChI is InChI=1S/C10H15N3O2S/c1-15-7-2-3-13(5-7)10(14)8-6-16-9(4-11)12-8/h6-7H,2-5,11H2,1H3. The molecule has 2 N–H and O–H groups in total. The molecule has 1 aliphatic heterocycles. The molecule has 0 aromatic carbocycles. The van der Waals surface area contributed by atoms with Crippen LogP contribution in [0.2, 0.25) is 0 Å². The molecule has 6 heteroatoms. The first-order valence-electron chi connectivity index (χ1n) is 5.21. The summed E-state index contributed by atoms with van der Waals surface area (Å²) in [5, 5.41) is 2.57. The fourth-order valence-corrected chi connectivity index (χ4v) is 2.42. The van der Waals surface area contributed by atoms with Gasteiger partial charge >= 0.3 is 0 Å². The molecule has 1 aliphatic rings. The first-order valence-corrected chi connectivity index (χ1v) is 6.09. The van der Waals surface area contributed by atoms with E-state index in [4.69, 9.17) is 10.5 Å². The number of carbonyl (C=O) groups is 1. The van der Waals surface area contributed by atoms with Crippen molar-refractivity contribution in [1.29, 1.82) is 0 Å².